The van der Waals surface area contributed by atoms with Crippen LogP contribution in [0.15, 0.2) is 42.0 Å². The fraction of sp³-hybridized carbons (Fsp3) is 0.462. The predicted octanol–water partition coefficient (Wildman–Crippen LogP) is 7.85. The van der Waals surface area contributed by atoms with Crippen molar-refractivity contribution in [2.24, 2.45) is 0 Å². The topological polar surface area (TPSA) is 0 Å². The molecule has 26 heavy (non-hydrogen) atoms. The minimum atomic E-state index is 0. The summed E-state index contributed by atoms with van der Waals surface area (Å²) in [4.78, 5) is 0. The Morgan fingerprint density at radius 1 is 1.00 bits per heavy atom. The summed E-state index contributed by atoms with van der Waals surface area (Å²) < 4.78 is 0. The van der Waals surface area contributed by atoms with Gasteiger partial charge in [-0.05, 0) is 49.3 Å². The molecule has 0 nitrogen and oxygen atoms in total. The Kier molecular flexibility index (Phi) is 26.0. The number of rotatable bonds is 3. The second-order valence-corrected chi connectivity index (χ2v) is 5.58. The molecule has 0 aromatic heterocycles. The molecule has 0 N–H and O–H groups in total. The molecule has 0 heteroatoms. The van der Waals surface area contributed by atoms with E-state index < -0.39 is 0 Å². The van der Waals surface area contributed by atoms with Crippen molar-refractivity contribution in [2.45, 2.75) is 83.1 Å². The molecule has 150 valence electrons. The maximum Gasteiger partial charge on any atom is -0.0115 e. The van der Waals surface area contributed by atoms with Crippen LogP contribution in [0.2, 0.25) is 0 Å². The number of allylic oxidation sites excluding steroid dienone is 4. The highest BCUT2D eigenvalue weighted by Crippen LogP contribution is 2.07. The van der Waals surface area contributed by atoms with E-state index in [4.69, 9.17) is 0 Å². The third-order valence-electron chi connectivity index (χ3n) is 2.87. The molecule has 0 saturated heterocycles. The zero-order valence-corrected chi connectivity index (χ0v) is 18.6. The molecule has 0 fully saturated rings. The van der Waals surface area contributed by atoms with E-state index in [0.29, 0.717) is 0 Å². The monoisotopic (exact) mass is 358 g/mol. The van der Waals surface area contributed by atoms with Gasteiger partial charge >= 0.3 is 0 Å². The predicted molar refractivity (Wildman–Crippen MR) is 129 cm³/mol. The van der Waals surface area contributed by atoms with E-state index in [1.165, 1.54) is 28.3 Å². The third-order valence-corrected chi connectivity index (χ3v) is 2.87. The molecule has 1 aromatic carbocycles. The number of aryl methyl sites for hydroxylation is 1. The lowest BCUT2D eigenvalue weighted by Gasteiger charge is -2.04. The molecule has 0 unspecified atom stereocenters. The van der Waals surface area contributed by atoms with Crippen LogP contribution >= 0.6 is 0 Å². The van der Waals surface area contributed by atoms with Gasteiger partial charge in [0.15, 0.2) is 0 Å². The van der Waals surface area contributed by atoms with Crippen molar-refractivity contribution in [1.29, 1.82) is 0 Å². The zero-order chi connectivity index (χ0) is 20.4. The minimum absolute atomic E-state index is 0. The molecule has 1 rings (SSSR count). The van der Waals surface area contributed by atoms with Crippen molar-refractivity contribution < 1.29 is 0 Å². The summed E-state index contributed by atoms with van der Waals surface area (Å²) in [6, 6.07) is 4.19. The van der Waals surface area contributed by atoms with Crippen LogP contribution in [0.1, 0.15) is 87.3 Å². The molecule has 0 aliphatic heterocycles. The molecule has 0 aliphatic carbocycles. The lowest BCUT2D eigenvalue weighted by molar-refractivity contribution is 1.09. The van der Waals surface area contributed by atoms with Crippen molar-refractivity contribution in [2.75, 3.05) is 0 Å². The van der Waals surface area contributed by atoms with E-state index >= 15 is 0 Å². The lowest BCUT2D eigenvalue weighted by Crippen LogP contribution is -2.26. The molecule has 0 spiro atoms. The van der Waals surface area contributed by atoms with Gasteiger partial charge in [-0.15, -0.1) is 0 Å². The van der Waals surface area contributed by atoms with Crippen LogP contribution < -0.4 is 10.4 Å². The van der Waals surface area contributed by atoms with E-state index in [-0.39, 0.29) is 7.43 Å². The average Bonchev–Trinajstić information content (AvgIpc) is 2.61. The molecule has 0 amide bonds. The fourth-order valence-corrected chi connectivity index (χ4v) is 1.72. The van der Waals surface area contributed by atoms with Crippen LogP contribution in [0.25, 0.3) is 18.7 Å². The second-order valence-electron chi connectivity index (χ2n) is 5.58. The van der Waals surface area contributed by atoms with E-state index in [1.54, 1.807) is 0 Å². The summed E-state index contributed by atoms with van der Waals surface area (Å²) >= 11 is 0. The maximum atomic E-state index is 4.12. The Balaban J connectivity index is -0.000000266. The van der Waals surface area contributed by atoms with Gasteiger partial charge in [0.25, 0.3) is 0 Å². The van der Waals surface area contributed by atoms with Gasteiger partial charge in [-0.2, -0.15) is 0 Å². The molecule has 1 aromatic rings. The normalized spacial score (nSPS) is 9.77. The Bertz CT molecular complexity index is 621. The summed E-state index contributed by atoms with van der Waals surface area (Å²) in [5.41, 5.74) is 4.94. The van der Waals surface area contributed by atoms with Crippen molar-refractivity contribution in [3.8, 4) is 0 Å². The fourth-order valence-electron chi connectivity index (χ4n) is 1.72. The van der Waals surface area contributed by atoms with Crippen LogP contribution in [-0.4, -0.2) is 0 Å². The molecule has 0 saturated carbocycles. The van der Waals surface area contributed by atoms with Crippen molar-refractivity contribution in [3.05, 3.63) is 63.6 Å². The van der Waals surface area contributed by atoms with Gasteiger partial charge in [-0.3, -0.25) is 0 Å². The molecule has 0 atom stereocenters. The van der Waals surface area contributed by atoms with Gasteiger partial charge in [0.05, 0.1) is 0 Å². The molecular formula is C26H46. The maximum absolute atomic E-state index is 4.12. The van der Waals surface area contributed by atoms with E-state index in [9.17, 15) is 0 Å². The Labute approximate surface area is 165 Å². The summed E-state index contributed by atoms with van der Waals surface area (Å²) in [7, 11) is 0. The Morgan fingerprint density at radius 2 is 1.46 bits per heavy atom. The standard InChI is InChI=1S/C18H22.C3H8.2C2H6.CH4/c1-7-14(4)12-18-16(6)10-9-15(5)17(18)11-8-13(2)3;1-3-2;2*1-2;/h7-12H,1,5H2,2-4,6H3;3H2,1-2H3;2*1-2H3;1H4/b14-12-,17-11+;;;;. The van der Waals surface area contributed by atoms with Gasteiger partial charge in [-0.1, -0.05) is 116 Å². The van der Waals surface area contributed by atoms with Crippen LogP contribution in [0.3, 0.4) is 0 Å². The van der Waals surface area contributed by atoms with Gasteiger partial charge in [0, 0.05) is 0 Å². The molecule has 0 heterocycles. The summed E-state index contributed by atoms with van der Waals surface area (Å²) in [6.45, 7) is 28.6. The first-order chi connectivity index (χ1) is 11.9. The highest BCUT2D eigenvalue weighted by Gasteiger charge is 1.98. The van der Waals surface area contributed by atoms with Crippen molar-refractivity contribution in [3.63, 3.8) is 0 Å². The van der Waals surface area contributed by atoms with E-state index in [0.717, 1.165) is 10.8 Å². The number of hydrogen-bond acceptors (Lipinski definition) is 0. The largest absolute Gasteiger partial charge is 0.0988 e. The molecule has 0 bridgehead atoms. The van der Waals surface area contributed by atoms with Crippen molar-refractivity contribution >= 4 is 18.7 Å². The molecule has 0 aliphatic rings. The van der Waals surface area contributed by atoms with Gasteiger partial charge in [0.1, 0.15) is 0 Å². The third kappa shape index (κ3) is 14.5. The smallest absolute Gasteiger partial charge is 0.0115 e. The van der Waals surface area contributed by atoms with Crippen molar-refractivity contribution in [1.82, 2.24) is 0 Å². The Hall–Kier alpha value is -1.82. The summed E-state index contributed by atoms with van der Waals surface area (Å²) in [5, 5.41) is 2.25. The highest BCUT2D eigenvalue weighted by molar-refractivity contribution is 5.61. The quantitative estimate of drug-likeness (QED) is 0.483. The molecular weight excluding hydrogens is 312 g/mol. The SMILES string of the molecule is C.C=C/C(C)=C\c1c(C)ccc(=C)/c1=C\C=C(C)C.CC.CC.CCC. The van der Waals surface area contributed by atoms with Crippen LogP contribution in [0.4, 0.5) is 0 Å². The second kappa shape index (κ2) is 21.2. The first-order valence-corrected chi connectivity index (χ1v) is 9.61. The number of benzene rings is 1. The van der Waals surface area contributed by atoms with E-state index in [1.807, 2.05) is 33.8 Å². The molecule has 0 radical (unpaired) electrons. The first kappa shape index (κ1) is 31.9. The van der Waals surface area contributed by atoms with Crippen LogP contribution in [0.5, 0.6) is 0 Å². The van der Waals surface area contributed by atoms with Gasteiger partial charge in [-0.25, -0.2) is 0 Å². The Morgan fingerprint density at radius 3 is 1.85 bits per heavy atom. The van der Waals surface area contributed by atoms with E-state index in [2.05, 4.69) is 85.1 Å². The highest BCUT2D eigenvalue weighted by atomic mass is 14.0. The van der Waals surface area contributed by atoms with Gasteiger partial charge in [0.2, 0.25) is 0 Å². The number of hydrogen-bond donors (Lipinski definition) is 0. The van der Waals surface area contributed by atoms with Crippen LogP contribution in [-0.2, 0) is 0 Å². The summed E-state index contributed by atoms with van der Waals surface area (Å²) in [6.07, 6.45) is 9.57. The minimum Gasteiger partial charge on any atom is -0.0988 e. The zero-order valence-electron chi connectivity index (χ0n) is 18.6. The van der Waals surface area contributed by atoms with Gasteiger partial charge < -0.3 is 0 Å². The first-order valence-electron chi connectivity index (χ1n) is 9.61. The van der Waals surface area contributed by atoms with Crippen LogP contribution in [0, 0.1) is 6.92 Å². The lowest BCUT2D eigenvalue weighted by atomic mass is 10.0. The summed E-state index contributed by atoms with van der Waals surface area (Å²) in [5.74, 6) is 0. The average molecular weight is 359 g/mol.